The van der Waals surface area contributed by atoms with Crippen LogP contribution in [0.15, 0.2) is 42.5 Å². The molecule has 102 valence electrons. The molecule has 2 aromatic carbocycles. The number of hydrogen-bond donors (Lipinski definition) is 0. The van der Waals surface area contributed by atoms with Gasteiger partial charge in [-0.1, -0.05) is 23.7 Å². The number of rotatable bonds is 1. The molecular formula is C14H7ClF3NS. The molecule has 0 aliphatic heterocycles. The van der Waals surface area contributed by atoms with Crippen LogP contribution in [0.5, 0.6) is 0 Å². The summed E-state index contributed by atoms with van der Waals surface area (Å²) in [4.78, 5) is 4.39. The SMILES string of the molecule is FC(F)(F)c1ccc(-c2nc3ccc(Cl)cc3s2)cc1. The number of fused-ring (bicyclic) bond motifs is 1. The Bertz CT molecular complexity index is 762. The molecule has 0 atom stereocenters. The molecule has 1 aromatic heterocycles. The van der Waals surface area contributed by atoms with Crippen LogP contribution in [0, 0.1) is 0 Å². The first-order valence-electron chi connectivity index (χ1n) is 5.67. The van der Waals surface area contributed by atoms with Crippen molar-refractivity contribution in [2.75, 3.05) is 0 Å². The van der Waals surface area contributed by atoms with Crippen molar-refractivity contribution in [3.05, 3.63) is 53.1 Å². The van der Waals surface area contributed by atoms with E-state index in [9.17, 15) is 13.2 Å². The average Bonchev–Trinajstić information content (AvgIpc) is 2.80. The van der Waals surface area contributed by atoms with Crippen molar-refractivity contribution in [1.29, 1.82) is 0 Å². The quantitative estimate of drug-likeness (QED) is 0.567. The molecule has 0 aliphatic rings. The van der Waals surface area contributed by atoms with Crippen molar-refractivity contribution >= 4 is 33.2 Å². The lowest BCUT2D eigenvalue weighted by Gasteiger charge is -2.06. The minimum absolute atomic E-state index is 0.611. The van der Waals surface area contributed by atoms with Crippen LogP contribution in [0.25, 0.3) is 20.8 Å². The zero-order chi connectivity index (χ0) is 14.3. The number of halogens is 4. The molecule has 1 heterocycles. The fourth-order valence-electron chi connectivity index (χ4n) is 1.82. The van der Waals surface area contributed by atoms with Gasteiger partial charge in [-0.3, -0.25) is 0 Å². The molecule has 0 fully saturated rings. The van der Waals surface area contributed by atoms with Crippen molar-refractivity contribution in [3.63, 3.8) is 0 Å². The first-order chi connectivity index (χ1) is 9.43. The molecule has 0 radical (unpaired) electrons. The van der Waals surface area contributed by atoms with Gasteiger partial charge in [0, 0.05) is 10.6 Å². The van der Waals surface area contributed by atoms with E-state index in [4.69, 9.17) is 11.6 Å². The lowest BCUT2D eigenvalue weighted by Crippen LogP contribution is -2.03. The first-order valence-corrected chi connectivity index (χ1v) is 6.87. The van der Waals surface area contributed by atoms with Gasteiger partial charge >= 0.3 is 6.18 Å². The largest absolute Gasteiger partial charge is 0.416 e. The maximum absolute atomic E-state index is 12.5. The van der Waals surface area contributed by atoms with E-state index in [1.54, 1.807) is 18.2 Å². The molecule has 6 heteroatoms. The predicted molar refractivity (Wildman–Crippen MR) is 75.1 cm³/mol. The molecule has 0 amide bonds. The third kappa shape index (κ3) is 2.51. The van der Waals surface area contributed by atoms with Gasteiger partial charge in [0.2, 0.25) is 0 Å². The zero-order valence-corrected chi connectivity index (χ0v) is 11.5. The Morgan fingerprint density at radius 1 is 1.00 bits per heavy atom. The van der Waals surface area contributed by atoms with E-state index >= 15 is 0 Å². The topological polar surface area (TPSA) is 12.9 Å². The van der Waals surface area contributed by atoms with Gasteiger partial charge < -0.3 is 0 Å². The second-order valence-corrected chi connectivity index (χ2v) is 5.67. The smallest absolute Gasteiger partial charge is 0.236 e. The summed E-state index contributed by atoms with van der Waals surface area (Å²) in [5.74, 6) is 0. The Labute approximate surface area is 121 Å². The summed E-state index contributed by atoms with van der Waals surface area (Å²) in [6.45, 7) is 0. The minimum atomic E-state index is -4.32. The molecule has 20 heavy (non-hydrogen) atoms. The number of thiazole rings is 1. The Kier molecular flexibility index (Phi) is 3.18. The zero-order valence-electron chi connectivity index (χ0n) is 9.91. The average molecular weight is 314 g/mol. The highest BCUT2D eigenvalue weighted by atomic mass is 35.5. The summed E-state index contributed by atoms with van der Waals surface area (Å²) in [5.41, 5.74) is 0.787. The molecule has 0 bridgehead atoms. The van der Waals surface area contributed by atoms with Crippen molar-refractivity contribution in [3.8, 4) is 10.6 Å². The van der Waals surface area contributed by atoms with Gasteiger partial charge in [0.1, 0.15) is 5.01 Å². The Hall–Kier alpha value is -1.59. The third-order valence-corrected chi connectivity index (χ3v) is 4.11. The fraction of sp³-hybridized carbons (Fsp3) is 0.0714. The van der Waals surface area contributed by atoms with E-state index in [0.717, 1.165) is 22.3 Å². The summed E-state index contributed by atoms with van der Waals surface area (Å²) in [5, 5.41) is 1.29. The van der Waals surface area contributed by atoms with Crippen LogP contribution in [0.3, 0.4) is 0 Å². The summed E-state index contributed by atoms with van der Waals surface area (Å²) in [6, 6.07) is 10.3. The summed E-state index contributed by atoms with van der Waals surface area (Å²) >= 11 is 7.30. The van der Waals surface area contributed by atoms with Crippen LogP contribution in [-0.2, 0) is 6.18 Å². The van der Waals surface area contributed by atoms with Crippen molar-refractivity contribution in [2.45, 2.75) is 6.18 Å². The van der Waals surface area contributed by atoms with Gasteiger partial charge in [-0.2, -0.15) is 13.2 Å². The molecule has 0 saturated carbocycles. The molecule has 0 saturated heterocycles. The molecule has 0 unspecified atom stereocenters. The van der Waals surface area contributed by atoms with Gasteiger partial charge in [-0.15, -0.1) is 11.3 Å². The van der Waals surface area contributed by atoms with E-state index in [0.29, 0.717) is 15.6 Å². The van der Waals surface area contributed by atoms with Crippen molar-refractivity contribution in [2.24, 2.45) is 0 Å². The predicted octanol–water partition coefficient (Wildman–Crippen LogP) is 5.64. The lowest BCUT2D eigenvalue weighted by atomic mass is 10.1. The van der Waals surface area contributed by atoms with Crippen LogP contribution in [0.1, 0.15) is 5.56 Å². The fourth-order valence-corrected chi connectivity index (χ4v) is 3.07. The van der Waals surface area contributed by atoms with Gasteiger partial charge in [-0.25, -0.2) is 4.98 Å². The number of alkyl halides is 3. The van der Waals surface area contributed by atoms with Gasteiger partial charge in [0.15, 0.2) is 0 Å². The van der Waals surface area contributed by atoms with Crippen LogP contribution in [-0.4, -0.2) is 4.98 Å². The normalized spacial score (nSPS) is 12.0. The van der Waals surface area contributed by atoms with E-state index in [1.165, 1.54) is 23.5 Å². The second-order valence-electron chi connectivity index (χ2n) is 4.21. The summed E-state index contributed by atoms with van der Waals surface area (Å²) in [7, 11) is 0. The monoisotopic (exact) mass is 313 g/mol. The van der Waals surface area contributed by atoms with Crippen molar-refractivity contribution < 1.29 is 13.2 Å². The van der Waals surface area contributed by atoms with Crippen LogP contribution in [0.4, 0.5) is 13.2 Å². The minimum Gasteiger partial charge on any atom is -0.236 e. The van der Waals surface area contributed by atoms with Crippen LogP contribution >= 0.6 is 22.9 Å². The Balaban J connectivity index is 2.02. The Morgan fingerprint density at radius 3 is 2.35 bits per heavy atom. The van der Waals surface area contributed by atoms with E-state index < -0.39 is 11.7 Å². The lowest BCUT2D eigenvalue weighted by molar-refractivity contribution is -0.137. The highest BCUT2D eigenvalue weighted by Gasteiger charge is 2.30. The highest BCUT2D eigenvalue weighted by Crippen LogP contribution is 2.34. The molecule has 3 rings (SSSR count). The number of benzene rings is 2. The maximum atomic E-state index is 12.5. The number of nitrogens with zero attached hydrogens (tertiary/aromatic N) is 1. The standard InChI is InChI=1S/C14H7ClF3NS/c15-10-5-6-11-12(7-10)20-13(19-11)8-1-3-9(4-2-8)14(16,17)18/h1-7H. The van der Waals surface area contributed by atoms with E-state index in [-0.39, 0.29) is 0 Å². The van der Waals surface area contributed by atoms with Crippen LogP contribution in [0.2, 0.25) is 5.02 Å². The molecule has 0 N–H and O–H groups in total. The van der Waals surface area contributed by atoms with Crippen LogP contribution < -0.4 is 0 Å². The van der Waals surface area contributed by atoms with Gasteiger partial charge in [0.25, 0.3) is 0 Å². The summed E-state index contributed by atoms with van der Waals surface area (Å²) < 4.78 is 38.4. The second kappa shape index (κ2) is 4.75. The molecular weight excluding hydrogens is 307 g/mol. The molecule has 1 nitrogen and oxygen atoms in total. The van der Waals surface area contributed by atoms with E-state index in [2.05, 4.69) is 4.98 Å². The Morgan fingerprint density at radius 2 is 1.70 bits per heavy atom. The maximum Gasteiger partial charge on any atom is 0.416 e. The van der Waals surface area contributed by atoms with Crippen molar-refractivity contribution in [1.82, 2.24) is 4.98 Å². The highest BCUT2D eigenvalue weighted by molar-refractivity contribution is 7.21. The van der Waals surface area contributed by atoms with Gasteiger partial charge in [0.05, 0.1) is 15.8 Å². The molecule has 3 aromatic rings. The molecule has 0 spiro atoms. The van der Waals surface area contributed by atoms with E-state index in [1.807, 2.05) is 0 Å². The number of hydrogen-bond acceptors (Lipinski definition) is 2. The summed E-state index contributed by atoms with van der Waals surface area (Å²) in [6.07, 6.45) is -4.32. The first kappa shape index (κ1) is 13.4. The molecule has 0 aliphatic carbocycles. The third-order valence-electron chi connectivity index (χ3n) is 2.81. The number of aromatic nitrogens is 1. The van der Waals surface area contributed by atoms with Gasteiger partial charge in [-0.05, 0) is 30.3 Å².